The molecule has 0 heterocycles. The van der Waals surface area contributed by atoms with E-state index < -0.39 is 11.8 Å². The lowest BCUT2D eigenvalue weighted by Gasteiger charge is -2.06. The first-order valence-corrected chi connectivity index (χ1v) is 4.92. The van der Waals surface area contributed by atoms with Crippen LogP contribution in [0.3, 0.4) is 0 Å². The molecule has 88 valence electrons. The highest BCUT2D eigenvalue weighted by atomic mass is 19.1. The van der Waals surface area contributed by atoms with E-state index in [0.29, 0.717) is 19.4 Å². The van der Waals surface area contributed by atoms with Gasteiger partial charge in [-0.2, -0.15) is 0 Å². The summed E-state index contributed by atoms with van der Waals surface area (Å²) in [6.45, 7) is 0.302. The van der Waals surface area contributed by atoms with Gasteiger partial charge in [-0.1, -0.05) is 0 Å². The zero-order chi connectivity index (χ0) is 12.0. The van der Waals surface area contributed by atoms with E-state index in [1.165, 1.54) is 6.07 Å². The van der Waals surface area contributed by atoms with Crippen molar-refractivity contribution in [3.05, 3.63) is 24.0 Å². The Bertz CT molecular complexity index is 345. The van der Waals surface area contributed by atoms with E-state index in [4.69, 9.17) is 14.9 Å². The molecule has 0 unspecified atom stereocenters. The zero-order valence-corrected chi connectivity index (χ0v) is 8.65. The number of aromatic hydroxyl groups is 1. The fourth-order valence-corrected chi connectivity index (χ4v) is 1.20. The highest BCUT2D eigenvalue weighted by molar-refractivity contribution is 5.66. The number of phenolic OH excluding ortho intramolecular Hbond substituents is 1. The topological polar surface area (TPSA) is 66.8 Å². The Balaban J connectivity index is 2.29. The van der Waals surface area contributed by atoms with E-state index in [2.05, 4.69) is 0 Å². The minimum atomic E-state index is -0.844. The molecule has 0 saturated heterocycles. The van der Waals surface area contributed by atoms with Gasteiger partial charge in [0.15, 0.2) is 0 Å². The number of ether oxygens (including phenoxy) is 1. The van der Waals surface area contributed by atoms with Gasteiger partial charge in [0.05, 0.1) is 6.61 Å². The van der Waals surface area contributed by atoms with Gasteiger partial charge < -0.3 is 14.9 Å². The number of unbranched alkanes of at least 4 members (excludes halogenated alkanes) is 1. The fraction of sp³-hybridized carbons (Fsp3) is 0.364. The Morgan fingerprint density at radius 1 is 1.31 bits per heavy atom. The molecule has 1 aromatic rings. The van der Waals surface area contributed by atoms with Crippen molar-refractivity contribution in [3.8, 4) is 11.5 Å². The second-order valence-electron chi connectivity index (χ2n) is 3.34. The molecule has 1 aromatic carbocycles. The van der Waals surface area contributed by atoms with Gasteiger partial charge in [0.1, 0.15) is 17.3 Å². The number of hydrogen-bond acceptors (Lipinski definition) is 3. The van der Waals surface area contributed by atoms with Gasteiger partial charge in [0.25, 0.3) is 0 Å². The van der Waals surface area contributed by atoms with Crippen LogP contribution in [0.25, 0.3) is 0 Å². The number of phenols is 1. The van der Waals surface area contributed by atoms with Crippen molar-refractivity contribution in [1.82, 2.24) is 0 Å². The molecule has 0 spiro atoms. The van der Waals surface area contributed by atoms with Crippen molar-refractivity contribution in [2.24, 2.45) is 0 Å². The van der Waals surface area contributed by atoms with Crippen molar-refractivity contribution in [1.29, 1.82) is 0 Å². The predicted molar refractivity (Wildman–Crippen MR) is 55.0 cm³/mol. The Kier molecular flexibility index (Phi) is 4.57. The monoisotopic (exact) mass is 228 g/mol. The quantitative estimate of drug-likeness (QED) is 0.732. The van der Waals surface area contributed by atoms with Crippen LogP contribution in [-0.2, 0) is 4.79 Å². The van der Waals surface area contributed by atoms with E-state index in [1.807, 2.05) is 0 Å². The van der Waals surface area contributed by atoms with Gasteiger partial charge in [0, 0.05) is 24.6 Å². The summed E-state index contributed by atoms with van der Waals surface area (Å²) in [6.07, 6.45) is 1.18. The SMILES string of the molecule is O=C(O)CCCCOc1cc(O)cc(F)c1. The zero-order valence-electron chi connectivity index (χ0n) is 8.65. The van der Waals surface area contributed by atoms with Crippen molar-refractivity contribution < 1.29 is 24.1 Å². The van der Waals surface area contributed by atoms with Crippen LogP contribution in [-0.4, -0.2) is 22.8 Å². The Hall–Kier alpha value is -1.78. The van der Waals surface area contributed by atoms with Gasteiger partial charge >= 0.3 is 5.97 Å². The van der Waals surface area contributed by atoms with E-state index in [9.17, 15) is 9.18 Å². The number of aliphatic carboxylic acids is 1. The predicted octanol–water partition coefficient (Wildman–Crippen LogP) is 2.17. The molecule has 0 radical (unpaired) electrons. The van der Waals surface area contributed by atoms with Crippen LogP contribution in [0.15, 0.2) is 18.2 Å². The van der Waals surface area contributed by atoms with Gasteiger partial charge in [0.2, 0.25) is 0 Å². The first-order valence-electron chi connectivity index (χ1n) is 4.92. The van der Waals surface area contributed by atoms with Crippen molar-refractivity contribution >= 4 is 5.97 Å². The minimum Gasteiger partial charge on any atom is -0.508 e. The van der Waals surface area contributed by atoms with Crippen molar-refractivity contribution in [3.63, 3.8) is 0 Å². The molecule has 0 aromatic heterocycles. The first-order chi connectivity index (χ1) is 7.58. The number of halogens is 1. The number of rotatable bonds is 6. The molecule has 5 heteroatoms. The normalized spacial score (nSPS) is 10.1. The third-order valence-electron chi connectivity index (χ3n) is 1.91. The molecule has 0 saturated carbocycles. The standard InChI is InChI=1S/C11H13FO4/c12-8-5-9(13)7-10(6-8)16-4-2-1-3-11(14)15/h5-7,13H,1-4H2,(H,14,15). The summed E-state index contributed by atoms with van der Waals surface area (Å²) >= 11 is 0. The second kappa shape index (κ2) is 5.95. The van der Waals surface area contributed by atoms with Crippen LogP contribution < -0.4 is 4.74 Å². The maximum atomic E-state index is 12.8. The Morgan fingerprint density at radius 3 is 2.69 bits per heavy atom. The molecule has 2 N–H and O–H groups in total. The minimum absolute atomic E-state index is 0.0950. The smallest absolute Gasteiger partial charge is 0.303 e. The van der Waals surface area contributed by atoms with E-state index in [0.717, 1.165) is 12.1 Å². The fourth-order valence-electron chi connectivity index (χ4n) is 1.20. The molecule has 0 amide bonds. The van der Waals surface area contributed by atoms with Crippen LogP contribution in [0.1, 0.15) is 19.3 Å². The van der Waals surface area contributed by atoms with Crippen LogP contribution >= 0.6 is 0 Å². The van der Waals surface area contributed by atoms with Gasteiger partial charge in [-0.25, -0.2) is 4.39 Å². The number of carboxylic acids is 1. The van der Waals surface area contributed by atoms with Gasteiger partial charge in [-0.15, -0.1) is 0 Å². The average molecular weight is 228 g/mol. The van der Waals surface area contributed by atoms with Crippen LogP contribution in [0.4, 0.5) is 4.39 Å². The number of benzene rings is 1. The first kappa shape index (κ1) is 12.3. The molecule has 0 aliphatic carbocycles. The highest BCUT2D eigenvalue weighted by Gasteiger charge is 2.01. The molecular weight excluding hydrogens is 215 g/mol. The van der Waals surface area contributed by atoms with Gasteiger partial charge in [-0.3, -0.25) is 4.79 Å². The molecule has 0 fully saturated rings. The van der Waals surface area contributed by atoms with Crippen LogP contribution in [0.2, 0.25) is 0 Å². The summed E-state index contributed by atoms with van der Waals surface area (Å²) in [7, 11) is 0. The Labute approximate surface area is 92.3 Å². The molecule has 0 bridgehead atoms. The molecule has 0 aliphatic heterocycles. The summed E-state index contributed by atoms with van der Waals surface area (Å²) in [5.41, 5.74) is 0. The molecule has 0 aliphatic rings. The van der Waals surface area contributed by atoms with E-state index >= 15 is 0 Å². The lowest BCUT2D eigenvalue weighted by molar-refractivity contribution is -0.137. The lowest BCUT2D eigenvalue weighted by Crippen LogP contribution is -2.00. The largest absolute Gasteiger partial charge is 0.508 e. The molecule has 1 rings (SSSR count). The van der Waals surface area contributed by atoms with Crippen molar-refractivity contribution in [2.75, 3.05) is 6.61 Å². The maximum Gasteiger partial charge on any atom is 0.303 e. The molecular formula is C11H13FO4. The Morgan fingerprint density at radius 2 is 2.06 bits per heavy atom. The summed E-state index contributed by atoms with van der Waals surface area (Å²) < 4.78 is 17.9. The summed E-state index contributed by atoms with van der Waals surface area (Å²) in [5, 5.41) is 17.5. The lowest BCUT2D eigenvalue weighted by atomic mass is 10.2. The van der Waals surface area contributed by atoms with E-state index in [-0.39, 0.29) is 17.9 Å². The van der Waals surface area contributed by atoms with E-state index in [1.54, 1.807) is 0 Å². The molecule has 0 atom stereocenters. The van der Waals surface area contributed by atoms with Gasteiger partial charge in [-0.05, 0) is 12.8 Å². The number of hydrogen-bond donors (Lipinski definition) is 2. The summed E-state index contributed by atoms with van der Waals surface area (Å²) in [5.74, 6) is -1.36. The van der Waals surface area contributed by atoms with Crippen LogP contribution in [0.5, 0.6) is 11.5 Å². The summed E-state index contributed by atoms with van der Waals surface area (Å²) in [6, 6.07) is 3.45. The third kappa shape index (κ3) is 4.63. The van der Waals surface area contributed by atoms with Crippen LogP contribution in [0, 0.1) is 5.82 Å². The molecule has 4 nitrogen and oxygen atoms in total. The maximum absolute atomic E-state index is 12.8. The second-order valence-corrected chi connectivity index (χ2v) is 3.34. The number of carboxylic acid groups (broad SMARTS) is 1. The highest BCUT2D eigenvalue weighted by Crippen LogP contribution is 2.20. The molecule has 16 heavy (non-hydrogen) atoms. The summed E-state index contributed by atoms with van der Waals surface area (Å²) in [4.78, 5) is 10.2. The average Bonchev–Trinajstić information content (AvgIpc) is 2.15. The number of carbonyl (C=O) groups is 1. The third-order valence-corrected chi connectivity index (χ3v) is 1.91. The van der Waals surface area contributed by atoms with Crippen molar-refractivity contribution in [2.45, 2.75) is 19.3 Å².